The summed E-state index contributed by atoms with van der Waals surface area (Å²) in [6.45, 7) is 13.8. The molecule has 0 amide bonds. The van der Waals surface area contributed by atoms with E-state index in [1.165, 1.54) is 0 Å². The summed E-state index contributed by atoms with van der Waals surface area (Å²) >= 11 is 0. The molecule has 0 aliphatic heterocycles. The van der Waals surface area contributed by atoms with Gasteiger partial charge in [-0.15, -0.1) is 0 Å². The summed E-state index contributed by atoms with van der Waals surface area (Å²) in [6.07, 6.45) is 5.34. The molecule has 0 saturated carbocycles. The van der Waals surface area contributed by atoms with E-state index < -0.39 is 0 Å². The van der Waals surface area contributed by atoms with E-state index in [1.54, 1.807) is 17.1 Å². The highest BCUT2D eigenvalue weighted by Crippen LogP contribution is 2.32. The lowest BCUT2D eigenvalue weighted by atomic mass is 9.85. The van der Waals surface area contributed by atoms with Crippen LogP contribution in [0.4, 0.5) is 0 Å². The van der Waals surface area contributed by atoms with Crippen LogP contribution in [0.3, 0.4) is 0 Å². The Kier molecular flexibility index (Phi) is 3.24. The van der Waals surface area contributed by atoms with Gasteiger partial charge in [0.15, 0.2) is 0 Å². The fraction of sp³-hybridized carbons (Fsp3) is 0.333. The Hall–Kier alpha value is -1.64. The molecule has 1 aromatic rings. The standard InChI is InChI=1S/C12H17N3/c1-10(15-8-6-7-14-15)11(9-13-5)12(2,3)4/h6-9H,1,5H2,2-4H3/b11-9+. The van der Waals surface area contributed by atoms with E-state index in [-0.39, 0.29) is 5.41 Å². The van der Waals surface area contributed by atoms with Gasteiger partial charge < -0.3 is 0 Å². The maximum Gasteiger partial charge on any atom is 0.0626 e. The summed E-state index contributed by atoms with van der Waals surface area (Å²) in [7, 11) is 0. The third-order valence-electron chi connectivity index (χ3n) is 2.12. The van der Waals surface area contributed by atoms with Crippen molar-refractivity contribution in [1.29, 1.82) is 0 Å². The van der Waals surface area contributed by atoms with Gasteiger partial charge in [0, 0.05) is 24.2 Å². The quantitative estimate of drug-likeness (QED) is 0.548. The predicted molar refractivity (Wildman–Crippen MR) is 64.6 cm³/mol. The van der Waals surface area contributed by atoms with Crippen molar-refractivity contribution >= 4 is 12.4 Å². The van der Waals surface area contributed by atoms with E-state index in [9.17, 15) is 0 Å². The maximum absolute atomic E-state index is 4.15. The molecule has 15 heavy (non-hydrogen) atoms. The number of rotatable bonds is 3. The number of hydrogen-bond donors (Lipinski definition) is 0. The van der Waals surface area contributed by atoms with E-state index in [0.29, 0.717) is 0 Å². The zero-order valence-electron chi connectivity index (χ0n) is 9.57. The molecule has 0 radical (unpaired) electrons. The van der Waals surface area contributed by atoms with Crippen LogP contribution in [0.15, 0.2) is 41.8 Å². The first-order valence-electron chi connectivity index (χ1n) is 4.82. The van der Waals surface area contributed by atoms with Gasteiger partial charge in [0.1, 0.15) is 0 Å². The van der Waals surface area contributed by atoms with Gasteiger partial charge in [-0.2, -0.15) is 5.10 Å². The summed E-state index contributed by atoms with van der Waals surface area (Å²) in [6, 6.07) is 1.87. The third-order valence-corrected chi connectivity index (χ3v) is 2.12. The molecule has 0 aliphatic carbocycles. The van der Waals surface area contributed by atoms with Crippen molar-refractivity contribution in [2.75, 3.05) is 0 Å². The molecule has 0 bridgehead atoms. The lowest BCUT2D eigenvalue weighted by molar-refractivity contribution is 0.513. The van der Waals surface area contributed by atoms with Crippen molar-refractivity contribution in [3.05, 3.63) is 36.8 Å². The summed E-state index contributed by atoms with van der Waals surface area (Å²) in [5, 5.41) is 4.15. The van der Waals surface area contributed by atoms with Crippen molar-refractivity contribution in [1.82, 2.24) is 9.78 Å². The molecule has 1 aromatic heterocycles. The van der Waals surface area contributed by atoms with E-state index in [2.05, 4.69) is 44.2 Å². The van der Waals surface area contributed by atoms with Crippen LogP contribution in [0.25, 0.3) is 5.70 Å². The number of hydrogen-bond acceptors (Lipinski definition) is 2. The minimum absolute atomic E-state index is 0.0236. The maximum atomic E-state index is 4.15. The van der Waals surface area contributed by atoms with Gasteiger partial charge >= 0.3 is 0 Å². The molecule has 0 atom stereocenters. The van der Waals surface area contributed by atoms with Gasteiger partial charge in [0.25, 0.3) is 0 Å². The van der Waals surface area contributed by atoms with Gasteiger partial charge in [-0.25, -0.2) is 4.68 Å². The first kappa shape index (κ1) is 11.4. The fourth-order valence-electron chi connectivity index (χ4n) is 1.34. The Bertz CT molecular complexity index is 377. The van der Waals surface area contributed by atoms with E-state index in [0.717, 1.165) is 11.3 Å². The SMILES string of the molecule is C=N/C=C(\C(=C)n1cccn1)C(C)(C)C. The molecule has 0 fully saturated rings. The number of aromatic nitrogens is 2. The van der Waals surface area contributed by atoms with Crippen LogP contribution in [0.5, 0.6) is 0 Å². The molecule has 80 valence electrons. The molecule has 0 N–H and O–H groups in total. The van der Waals surface area contributed by atoms with Crippen molar-refractivity contribution in [2.45, 2.75) is 20.8 Å². The second-order valence-corrected chi connectivity index (χ2v) is 4.37. The van der Waals surface area contributed by atoms with Gasteiger partial charge in [-0.05, 0) is 18.2 Å². The minimum atomic E-state index is -0.0236. The predicted octanol–water partition coefficient (Wildman–Crippen LogP) is 2.98. The average molecular weight is 203 g/mol. The largest absolute Gasteiger partial charge is 0.272 e. The zero-order valence-corrected chi connectivity index (χ0v) is 9.57. The summed E-state index contributed by atoms with van der Waals surface area (Å²) in [4.78, 5) is 3.82. The smallest absolute Gasteiger partial charge is 0.0626 e. The second kappa shape index (κ2) is 4.26. The van der Waals surface area contributed by atoms with Crippen LogP contribution in [0.2, 0.25) is 0 Å². The number of aliphatic imine (C=N–C) groups is 1. The molecule has 1 heterocycles. The highest BCUT2D eigenvalue weighted by Gasteiger charge is 2.20. The third kappa shape index (κ3) is 2.65. The molecular formula is C12H17N3. The van der Waals surface area contributed by atoms with Crippen LogP contribution in [-0.2, 0) is 0 Å². The van der Waals surface area contributed by atoms with Crippen molar-refractivity contribution in [2.24, 2.45) is 10.4 Å². The monoisotopic (exact) mass is 203 g/mol. The van der Waals surface area contributed by atoms with Gasteiger partial charge in [-0.3, -0.25) is 4.99 Å². The fourth-order valence-corrected chi connectivity index (χ4v) is 1.34. The lowest BCUT2D eigenvalue weighted by Crippen LogP contribution is -2.14. The summed E-state index contributed by atoms with van der Waals surface area (Å²) < 4.78 is 1.74. The Labute approximate surface area is 90.8 Å². The highest BCUT2D eigenvalue weighted by atomic mass is 15.3. The average Bonchev–Trinajstić information content (AvgIpc) is 2.63. The van der Waals surface area contributed by atoms with E-state index >= 15 is 0 Å². The molecule has 0 unspecified atom stereocenters. The molecule has 0 spiro atoms. The summed E-state index contributed by atoms with van der Waals surface area (Å²) in [5.74, 6) is 0. The Morgan fingerprint density at radius 2 is 2.13 bits per heavy atom. The van der Waals surface area contributed by atoms with Gasteiger partial charge in [-0.1, -0.05) is 27.4 Å². The summed E-state index contributed by atoms with van der Waals surface area (Å²) in [5.41, 5.74) is 1.84. The van der Waals surface area contributed by atoms with Crippen LogP contribution in [0, 0.1) is 5.41 Å². The topological polar surface area (TPSA) is 30.2 Å². The van der Waals surface area contributed by atoms with Crippen LogP contribution >= 0.6 is 0 Å². The minimum Gasteiger partial charge on any atom is -0.272 e. The van der Waals surface area contributed by atoms with Gasteiger partial charge in [0.2, 0.25) is 0 Å². The van der Waals surface area contributed by atoms with Crippen molar-refractivity contribution in [3.63, 3.8) is 0 Å². The number of nitrogens with zero attached hydrogens (tertiary/aromatic N) is 3. The Morgan fingerprint density at radius 3 is 2.53 bits per heavy atom. The molecule has 0 aromatic carbocycles. The first-order chi connectivity index (χ1) is 6.96. The normalized spacial score (nSPS) is 12.6. The number of allylic oxidation sites excluding steroid dienone is 2. The molecule has 0 saturated heterocycles. The van der Waals surface area contributed by atoms with Crippen LogP contribution in [-0.4, -0.2) is 16.5 Å². The lowest BCUT2D eigenvalue weighted by Gasteiger charge is -2.24. The first-order valence-corrected chi connectivity index (χ1v) is 4.82. The van der Waals surface area contributed by atoms with Crippen molar-refractivity contribution in [3.8, 4) is 0 Å². The highest BCUT2D eigenvalue weighted by molar-refractivity contribution is 5.63. The van der Waals surface area contributed by atoms with E-state index in [4.69, 9.17) is 0 Å². The molecule has 3 heteroatoms. The Morgan fingerprint density at radius 1 is 1.47 bits per heavy atom. The van der Waals surface area contributed by atoms with Crippen molar-refractivity contribution < 1.29 is 0 Å². The Balaban J connectivity index is 3.08. The van der Waals surface area contributed by atoms with E-state index in [1.807, 2.05) is 12.3 Å². The van der Waals surface area contributed by atoms with Crippen LogP contribution in [0.1, 0.15) is 20.8 Å². The van der Waals surface area contributed by atoms with Gasteiger partial charge in [0.05, 0.1) is 5.70 Å². The zero-order chi connectivity index (χ0) is 11.5. The molecule has 0 aliphatic rings. The molecule has 3 nitrogen and oxygen atoms in total. The molecular weight excluding hydrogens is 186 g/mol. The molecule has 1 rings (SSSR count). The second-order valence-electron chi connectivity index (χ2n) is 4.37. The van der Waals surface area contributed by atoms with Crippen LogP contribution < -0.4 is 0 Å².